The summed E-state index contributed by atoms with van der Waals surface area (Å²) in [6.07, 6.45) is 3.55. The molecule has 1 aliphatic rings. The summed E-state index contributed by atoms with van der Waals surface area (Å²) in [5.74, 6) is 0.771. The van der Waals surface area contributed by atoms with Gasteiger partial charge in [0, 0.05) is 26.7 Å². The van der Waals surface area contributed by atoms with Crippen molar-refractivity contribution in [2.75, 3.05) is 26.7 Å². The molecule has 1 heterocycles. The lowest BCUT2D eigenvalue weighted by atomic mass is 9.76. The fourth-order valence-electron chi connectivity index (χ4n) is 3.08. The van der Waals surface area contributed by atoms with E-state index in [-0.39, 0.29) is 5.60 Å². The van der Waals surface area contributed by atoms with Gasteiger partial charge in [0.2, 0.25) is 0 Å². The highest BCUT2D eigenvalue weighted by Crippen LogP contribution is 2.37. The second-order valence-electron chi connectivity index (χ2n) is 7.32. The van der Waals surface area contributed by atoms with E-state index in [4.69, 9.17) is 4.74 Å². The molecule has 0 spiro atoms. The number of piperidine rings is 1. The Morgan fingerprint density at radius 3 is 2.06 bits per heavy atom. The first kappa shape index (κ1) is 15.0. The average Bonchev–Trinajstić information content (AvgIpc) is 2.18. The number of nitrogens with zero attached hydrogens (tertiary/aromatic N) is 1. The fourth-order valence-corrected chi connectivity index (χ4v) is 3.08. The van der Waals surface area contributed by atoms with E-state index in [1.54, 1.807) is 0 Å². The van der Waals surface area contributed by atoms with Crippen LogP contribution in [0.3, 0.4) is 0 Å². The molecule has 1 rings (SSSR count). The van der Waals surface area contributed by atoms with Crippen LogP contribution in [-0.4, -0.2) is 37.2 Å². The molecule has 0 radical (unpaired) electrons. The smallest absolute Gasteiger partial charge is 0.0708 e. The van der Waals surface area contributed by atoms with Gasteiger partial charge in [-0.1, -0.05) is 34.6 Å². The van der Waals surface area contributed by atoms with Crippen molar-refractivity contribution in [2.45, 2.75) is 59.5 Å². The lowest BCUT2D eigenvalue weighted by molar-refractivity contribution is -0.0814. The monoisotopic (exact) mass is 241 g/mol. The molecule has 1 saturated heterocycles. The third kappa shape index (κ3) is 4.97. The van der Waals surface area contributed by atoms with Crippen molar-refractivity contribution in [1.29, 1.82) is 0 Å². The number of ether oxygens (including phenoxy) is 1. The predicted molar refractivity (Wildman–Crippen MR) is 74.3 cm³/mol. The first-order valence-corrected chi connectivity index (χ1v) is 7.04. The highest BCUT2D eigenvalue weighted by molar-refractivity contribution is 4.90. The summed E-state index contributed by atoms with van der Waals surface area (Å²) < 4.78 is 5.88. The summed E-state index contributed by atoms with van der Waals surface area (Å²) in [5, 5.41) is 0. The molecule has 0 N–H and O–H groups in total. The number of hydrogen-bond acceptors (Lipinski definition) is 2. The Morgan fingerprint density at radius 1 is 1.18 bits per heavy atom. The molecule has 102 valence electrons. The molecule has 0 aliphatic carbocycles. The zero-order chi connectivity index (χ0) is 13.1. The Labute approximate surface area is 108 Å². The molecule has 0 bridgehead atoms. The fraction of sp³-hybridized carbons (Fsp3) is 1.00. The maximum Gasteiger partial charge on any atom is 0.0708 e. The van der Waals surface area contributed by atoms with E-state index in [2.05, 4.69) is 39.5 Å². The van der Waals surface area contributed by atoms with Crippen LogP contribution in [0.5, 0.6) is 0 Å². The molecule has 2 nitrogen and oxygen atoms in total. The summed E-state index contributed by atoms with van der Waals surface area (Å²) in [6, 6.07) is 0. The van der Waals surface area contributed by atoms with E-state index in [9.17, 15) is 0 Å². The Kier molecular flexibility index (Phi) is 5.03. The summed E-state index contributed by atoms with van der Waals surface area (Å²) >= 11 is 0. The van der Waals surface area contributed by atoms with Gasteiger partial charge in [0.25, 0.3) is 0 Å². The van der Waals surface area contributed by atoms with Gasteiger partial charge in [-0.25, -0.2) is 0 Å². The predicted octanol–water partition coefficient (Wildman–Crippen LogP) is 3.56. The van der Waals surface area contributed by atoms with Gasteiger partial charge < -0.3 is 9.64 Å². The highest BCUT2D eigenvalue weighted by Gasteiger charge is 2.37. The summed E-state index contributed by atoms with van der Waals surface area (Å²) in [7, 11) is 1.89. The Hall–Kier alpha value is -0.0800. The van der Waals surface area contributed by atoms with Gasteiger partial charge in [0.1, 0.15) is 0 Å². The first-order valence-electron chi connectivity index (χ1n) is 7.04. The topological polar surface area (TPSA) is 12.5 Å². The maximum atomic E-state index is 5.88. The van der Waals surface area contributed by atoms with Crippen molar-refractivity contribution in [1.82, 2.24) is 4.90 Å². The minimum atomic E-state index is 0.131. The van der Waals surface area contributed by atoms with Crippen LogP contribution in [0.2, 0.25) is 0 Å². The lowest BCUT2D eigenvalue weighted by Gasteiger charge is -2.44. The molecule has 1 aliphatic heterocycles. The molecule has 0 aromatic heterocycles. The van der Waals surface area contributed by atoms with Crippen molar-refractivity contribution in [3.63, 3.8) is 0 Å². The Bertz CT molecular complexity index is 222. The van der Waals surface area contributed by atoms with Crippen LogP contribution in [0.1, 0.15) is 53.9 Å². The molecule has 0 aromatic carbocycles. The van der Waals surface area contributed by atoms with E-state index in [0.717, 1.165) is 5.92 Å². The zero-order valence-electron chi connectivity index (χ0n) is 12.7. The van der Waals surface area contributed by atoms with Crippen LogP contribution in [0, 0.1) is 11.3 Å². The van der Waals surface area contributed by atoms with Crippen LogP contribution in [0.15, 0.2) is 0 Å². The molecule has 0 aromatic rings. The van der Waals surface area contributed by atoms with Gasteiger partial charge in [0.05, 0.1) is 5.60 Å². The molecule has 0 amide bonds. The van der Waals surface area contributed by atoms with E-state index >= 15 is 0 Å². The van der Waals surface area contributed by atoms with Gasteiger partial charge in [-0.3, -0.25) is 0 Å². The van der Waals surface area contributed by atoms with Crippen LogP contribution in [0.4, 0.5) is 0 Å². The standard InChI is InChI=1S/C15H31NO/c1-13(2)11-16-9-7-15(17-6,8-10-16)12-14(3,4)5/h13H,7-12H2,1-6H3. The van der Waals surface area contributed by atoms with Gasteiger partial charge in [0.15, 0.2) is 0 Å². The van der Waals surface area contributed by atoms with Crippen LogP contribution >= 0.6 is 0 Å². The van der Waals surface area contributed by atoms with E-state index < -0.39 is 0 Å². The first-order chi connectivity index (χ1) is 7.76. The lowest BCUT2D eigenvalue weighted by Crippen LogP contribution is -2.48. The quantitative estimate of drug-likeness (QED) is 0.746. The number of methoxy groups -OCH3 is 1. The number of likely N-dealkylation sites (tertiary alicyclic amines) is 1. The average molecular weight is 241 g/mol. The van der Waals surface area contributed by atoms with E-state index in [0.29, 0.717) is 5.41 Å². The molecular weight excluding hydrogens is 210 g/mol. The SMILES string of the molecule is COC1(CC(C)(C)C)CCN(CC(C)C)CC1. The largest absolute Gasteiger partial charge is 0.378 e. The third-order valence-corrected chi connectivity index (χ3v) is 3.68. The minimum Gasteiger partial charge on any atom is -0.378 e. The summed E-state index contributed by atoms with van der Waals surface area (Å²) in [6.45, 7) is 15.2. The second-order valence-corrected chi connectivity index (χ2v) is 7.32. The van der Waals surface area contributed by atoms with E-state index in [1.165, 1.54) is 38.9 Å². The molecule has 1 fully saturated rings. The van der Waals surface area contributed by atoms with Gasteiger partial charge in [-0.15, -0.1) is 0 Å². The highest BCUT2D eigenvalue weighted by atomic mass is 16.5. The van der Waals surface area contributed by atoms with Crippen molar-refractivity contribution < 1.29 is 4.74 Å². The minimum absolute atomic E-state index is 0.131. The van der Waals surface area contributed by atoms with Gasteiger partial charge in [-0.05, 0) is 30.6 Å². The van der Waals surface area contributed by atoms with Crippen LogP contribution < -0.4 is 0 Å². The van der Waals surface area contributed by atoms with E-state index in [1.807, 2.05) is 7.11 Å². The maximum absolute atomic E-state index is 5.88. The molecule has 0 unspecified atom stereocenters. The zero-order valence-corrected chi connectivity index (χ0v) is 12.7. The molecular formula is C15H31NO. The molecule has 17 heavy (non-hydrogen) atoms. The molecule has 2 heteroatoms. The Morgan fingerprint density at radius 2 is 1.71 bits per heavy atom. The summed E-state index contributed by atoms with van der Waals surface area (Å²) in [4.78, 5) is 2.59. The second kappa shape index (κ2) is 5.71. The van der Waals surface area contributed by atoms with Crippen molar-refractivity contribution in [3.8, 4) is 0 Å². The van der Waals surface area contributed by atoms with Crippen LogP contribution in [-0.2, 0) is 4.74 Å². The molecule has 0 atom stereocenters. The third-order valence-electron chi connectivity index (χ3n) is 3.68. The normalized spacial score (nSPS) is 22.1. The number of rotatable bonds is 4. The van der Waals surface area contributed by atoms with Gasteiger partial charge >= 0.3 is 0 Å². The van der Waals surface area contributed by atoms with Gasteiger partial charge in [-0.2, -0.15) is 0 Å². The summed E-state index contributed by atoms with van der Waals surface area (Å²) in [5.41, 5.74) is 0.488. The van der Waals surface area contributed by atoms with Crippen molar-refractivity contribution in [2.24, 2.45) is 11.3 Å². The Balaban J connectivity index is 2.51. The molecule has 0 saturated carbocycles. The van der Waals surface area contributed by atoms with Crippen molar-refractivity contribution >= 4 is 0 Å². The number of hydrogen-bond donors (Lipinski definition) is 0. The van der Waals surface area contributed by atoms with Crippen LogP contribution in [0.25, 0.3) is 0 Å². The van der Waals surface area contributed by atoms with Crippen molar-refractivity contribution in [3.05, 3.63) is 0 Å².